The summed E-state index contributed by atoms with van der Waals surface area (Å²) in [4.78, 5) is 23.1. The first kappa shape index (κ1) is 14.5. The van der Waals surface area contributed by atoms with Crippen molar-refractivity contribution >= 4 is 17.6 Å². The highest BCUT2D eigenvalue weighted by molar-refractivity contribution is 5.93. The number of hydrogen-bond donors (Lipinski definition) is 2. The van der Waals surface area contributed by atoms with Gasteiger partial charge >= 0.3 is 5.97 Å². The number of carboxylic acid groups (broad SMARTS) is 1. The van der Waals surface area contributed by atoms with Crippen molar-refractivity contribution in [3.63, 3.8) is 0 Å². The van der Waals surface area contributed by atoms with E-state index in [-0.39, 0.29) is 6.42 Å². The summed E-state index contributed by atoms with van der Waals surface area (Å²) in [6, 6.07) is 5.30. The van der Waals surface area contributed by atoms with Gasteiger partial charge in [0.05, 0.1) is 12.0 Å². The average Bonchev–Trinajstić information content (AvgIpc) is 2.92. The van der Waals surface area contributed by atoms with E-state index >= 15 is 0 Å². The highest BCUT2D eigenvalue weighted by Gasteiger charge is 2.33. The molecule has 1 aliphatic rings. The van der Waals surface area contributed by atoms with Crippen LogP contribution in [0.2, 0.25) is 0 Å². The number of aliphatic carboxylic acids is 1. The molecule has 1 saturated heterocycles. The standard InChI is InChI=1S/C14H16FNO4/c15-9-3-5-10(6-4-9)16-13(17)8-11(14(18)19)12-2-1-7-20-12/h3-6,11-12H,1-2,7-8H2,(H,16,17)(H,18,19)/t11-,12-/m1/s1. The number of carboxylic acids is 1. The lowest BCUT2D eigenvalue weighted by Crippen LogP contribution is -2.31. The molecule has 6 heteroatoms. The molecule has 2 rings (SSSR count). The molecule has 108 valence electrons. The third kappa shape index (κ3) is 3.77. The number of benzene rings is 1. The Bertz CT molecular complexity index is 482. The molecular formula is C14H16FNO4. The molecule has 1 fully saturated rings. The lowest BCUT2D eigenvalue weighted by Gasteiger charge is -2.18. The van der Waals surface area contributed by atoms with Crippen LogP contribution in [0.4, 0.5) is 10.1 Å². The average molecular weight is 281 g/mol. The fourth-order valence-electron chi connectivity index (χ4n) is 2.24. The smallest absolute Gasteiger partial charge is 0.309 e. The second-order valence-corrected chi connectivity index (χ2v) is 4.76. The zero-order valence-electron chi connectivity index (χ0n) is 10.8. The number of halogens is 1. The number of carbonyl (C=O) groups excluding carboxylic acids is 1. The van der Waals surface area contributed by atoms with Crippen molar-refractivity contribution < 1.29 is 23.8 Å². The Labute approximate surface area is 115 Å². The topological polar surface area (TPSA) is 75.6 Å². The molecule has 1 aromatic rings. The van der Waals surface area contributed by atoms with Crippen LogP contribution in [0.3, 0.4) is 0 Å². The SMILES string of the molecule is O=C(C[C@@H](C(=O)O)[C@H]1CCCO1)Nc1ccc(F)cc1. The normalized spacial score (nSPS) is 19.6. The van der Waals surface area contributed by atoms with Crippen LogP contribution < -0.4 is 5.32 Å². The van der Waals surface area contributed by atoms with Gasteiger partial charge in [0.2, 0.25) is 5.91 Å². The summed E-state index contributed by atoms with van der Waals surface area (Å²) >= 11 is 0. The highest BCUT2D eigenvalue weighted by atomic mass is 19.1. The lowest BCUT2D eigenvalue weighted by atomic mass is 9.96. The van der Waals surface area contributed by atoms with Gasteiger partial charge in [-0.25, -0.2) is 4.39 Å². The van der Waals surface area contributed by atoms with E-state index in [1.165, 1.54) is 24.3 Å². The van der Waals surface area contributed by atoms with Crippen molar-refractivity contribution in [3.05, 3.63) is 30.1 Å². The Morgan fingerprint density at radius 2 is 2.10 bits per heavy atom. The van der Waals surface area contributed by atoms with Crippen LogP contribution in [-0.4, -0.2) is 29.7 Å². The van der Waals surface area contributed by atoms with Crippen molar-refractivity contribution in [2.24, 2.45) is 5.92 Å². The van der Waals surface area contributed by atoms with Gasteiger partial charge in [-0.1, -0.05) is 0 Å². The summed E-state index contributed by atoms with van der Waals surface area (Å²) in [5.74, 6) is -2.70. The predicted molar refractivity (Wildman–Crippen MR) is 69.7 cm³/mol. The number of amides is 1. The Balaban J connectivity index is 1.94. The van der Waals surface area contributed by atoms with Crippen LogP contribution in [0.1, 0.15) is 19.3 Å². The number of rotatable bonds is 5. The van der Waals surface area contributed by atoms with E-state index in [0.717, 1.165) is 6.42 Å². The predicted octanol–water partition coefficient (Wildman–Crippen LogP) is 2.03. The zero-order valence-corrected chi connectivity index (χ0v) is 10.8. The first-order valence-corrected chi connectivity index (χ1v) is 6.46. The fraction of sp³-hybridized carbons (Fsp3) is 0.429. The van der Waals surface area contributed by atoms with E-state index in [9.17, 15) is 19.1 Å². The fourth-order valence-corrected chi connectivity index (χ4v) is 2.24. The number of ether oxygens (including phenoxy) is 1. The number of nitrogens with one attached hydrogen (secondary N) is 1. The van der Waals surface area contributed by atoms with Crippen molar-refractivity contribution in [1.82, 2.24) is 0 Å². The second kappa shape index (κ2) is 6.47. The third-order valence-electron chi connectivity index (χ3n) is 3.26. The molecule has 0 bridgehead atoms. The monoisotopic (exact) mass is 281 g/mol. The summed E-state index contributed by atoms with van der Waals surface area (Å²) in [5, 5.41) is 11.7. The molecule has 1 aliphatic heterocycles. The highest BCUT2D eigenvalue weighted by Crippen LogP contribution is 2.24. The summed E-state index contributed by atoms with van der Waals surface area (Å²) in [5.41, 5.74) is 0.438. The Hall–Kier alpha value is -1.95. The summed E-state index contributed by atoms with van der Waals surface area (Å²) in [7, 11) is 0. The van der Waals surface area contributed by atoms with E-state index in [1.807, 2.05) is 0 Å². The maximum atomic E-state index is 12.7. The molecule has 0 aromatic heterocycles. The number of carbonyl (C=O) groups is 2. The molecule has 20 heavy (non-hydrogen) atoms. The van der Waals surface area contributed by atoms with Gasteiger partial charge in [-0.15, -0.1) is 0 Å². The molecular weight excluding hydrogens is 265 g/mol. The van der Waals surface area contributed by atoms with Gasteiger partial charge in [0.1, 0.15) is 5.82 Å². The third-order valence-corrected chi connectivity index (χ3v) is 3.26. The minimum Gasteiger partial charge on any atom is -0.481 e. The summed E-state index contributed by atoms with van der Waals surface area (Å²) < 4.78 is 18.1. The molecule has 0 saturated carbocycles. The summed E-state index contributed by atoms with van der Waals surface area (Å²) in [6.45, 7) is 0.536. The molecule has 1 aromatic carbocycles. The molecule has 1 amide bonds. The minimum atomic E-state index is -1.04. The van der Waals surface area contributed by atoms with Gasteiger partial charge in [-0.3, -0.25) is 9.59 Å². The molecule has 0 unspecified atom stereocenters. The van der Waals surface area contributed by atoms with E-state index in [0.29, 0.717) is 18.7 Å². The number of hydrogen-bond acceptors (Lipinski definition) is 3. The van der Waals surface area contributed by atoms with Crippen molar-refractivity contribution in [2.45, 2.75) is 25.4 Å². The minimum absolute atomic E-state index is 0.155. The number of anilines is 1. The largest absolute Gasteiger partial charge is 0.481 e. The molecule has 2 atom stereocenters. The van der Waals surface area contributed by atoms with Crippen molar-refractivity contribution in [1.29, 1.82) is 0 Å². The van der Waals surface area contributed by atoms with E-state index in [1.54, 1.807) is 0 Å². The van der Waals surface area contributed by atoms with E-state index in [2.05, 4.69) is 5.32 Å². The van der Waals surface area contributed by atoms with Crippen LogP contribution in [-0.2, 0) is 14.3 Å². The summed E-state index contributed by atoms with van der Waals surface area (Å²) in [6.07, 6.45) is 0.901. The van der Waals surface area contributed by atoms with Gasteiger partial charge in [0.15, 0.2) is 0 Å². The van der Waals surface area contributed by atoms with Crippen LogP contribution in [0.25, 0.3) is 0 Å². The van der Waals surface area contributed by atoms with Gasteiger partial charge in [0.25, 0.3) is 0 Å². The van der Waals surface area contributed by atoms with Gasteiger partial charge in [-0.2, -0.15) is 0 Å². The molecule has 0 spiro atoms. The van der Waals surface area contributed by atoms with Crippen LogP contribution in [0.5, 0.6) is 0 Å². The van der Waals surface area contributed by atoms with E-state index < -0.39 is 29.7 Å². The zero-order chi connectivity index (χ0) is 14.5. The van der Waals surface area contributed by atoms with E-state index in [4.69, 9.17) is 4.74 Å². The van der Waals surface area contributed by atoms with Gasteiger partial charge in [0, 0.05) is 18.7 Å². The van der Waals surface area contributed by atoms with Crippen molar-refractivity contribution in [2.75, 3.05) is 11.9 Å². The van der Waals surface area contributed by atoms with Crippen LogP contribution in [0.15, 0.2) is 24.3 Å². The van der Waals surface area contributed by atoms with Crippen LogP contribution >= 0.6 is 0 Å². The first-order valence-electron chi connectivity index (χ1n) is 6.46. The lowest BCUT2D eigenvalue weighted by molar-refractivity contribution is -0.148. The molecule has 0 radical (unpaired) electrons. The Morgan fingerprint density at radius 3 is 2.65 bits per heavy atom. The molecule has 2 N–H and O–H groups in total. The maximum Gasteiger partial charge on any atom is 0.309 e. The Morgan fingerprint density at radius 1 is 1.40 bits per heavy atom. The van der Waals surface area contributed by atoms with Crippen molar-refractivity contribution in [3.8, 4) is 0 Å². The van der Waals surface area contributed by atoms with Gasteiger partial charge < -0.3 is 15.2 Å². The maximum absolute atomic E-state index is 12.7. The Kier molecular flexibility index (Phi) is 4.68. The molecule has 1 heterocycles. The first-order chi connectivity index (χ1) is 9.56. The quantitative estimate of drug-likeness (QED) is 0.866. The second-order valence-electron chi connectivity index (χ2n) is 4.76. The van der Waals surface area contributed by atoms with Gasteiger partial charge in [-0.05, 0) is 37.1 Å². The van der Waals surface area contributed by atoms with Crippen LogP contribution in [0, 0.1) is 11.7 Å². The molecule has 5 nitrogen and oxygen atoms in total. The molecule has 0 aliphatic carbocycles.